The molecule has 0 saturated heterocycles. The molecular weight excluding hydrogens is 246 g/mol. The Morgan fingerprint density at radius 3 is 2.80 bits per heavy atom. The predicted octanol–water partition coefficient (Wildman–Crippen LogP) is 3.91. The normalized spacial score (nSPS) is 16.9. The summed E-state index contributed by atoms with van der Waals surface area (Å²) in [6, 6.07) is 13.0. The molecule has 1 saturated carbocycles. The lowest BCUT2D eigenvalue weighted by atomic mass is 9.80. The molecule has 20 heavy (non-hydrogen) atoms. The zero-order valence-electron chi connectivity index (χ0n) is 12.1. The van der Waals surface area contributed by atoms with Crippen LogP contribution in [0.3, 0.4) is 0 Å². The van der Waals surface area contributed by atoms with Gasteiger partial charge in [-0.1, -0.05) is 43.5 Å². The molecule has 2 N–H and O–H groups in total. The molecule has 0 amide bonds. The summed E-state index contributed by atoms with van der Waals surface area (Å²) in [7, 11) is 1.71. The van der Waals surface area contributed by atoms with E-state index in [-0.39, 0.29) is 6.04 Å². The van der Waals surface area contributed by atoms with E-state index in [0.717, 1.165) is 18.1 Å². The summed E-state index contributed by atoms with van der Waals surface area (Å²) in [5.41, 5.74) is 7.69. The van der Waals surface area contributed by atoms with Crippen LogP contribution in [0.5, 0.6) is 5.75 Å². The average Bonchev–Trinajstić information content (AvgIpc) is 2.43. The molecule has 1 aliphatic rings. The zero-order valence-corrected chi connectivity index (χ0v) is 12.1. The first-order valence-electron chi connectivity index (χ1n) is 7.57. The highest BCUT2D eigenvalue weighted by molar-refractivity contribution is 5.87. The molecule has 1 atom stereocenters. The lowest BCUT2D eigenvalue weighted by Crippen LogP contribution is -2.28. The number of hydrogen-bond acceptors (Lipinski definition) is 2. The van der Waals surface area contributed by atoms with Crippen molar-refractivity contribution in [2.45, 2.75) is 38.1 Å². The summed E-state index contributed by atoms with van der Waals surface area (Å²) in [6.45, 7) is 0. The van der Waals surface area contributed by atoms with Crippen molar-refractivity contribution in [1.29, 1.82) is 0 Å². The molecule has 1 fully saturated rings. The highest BCUT2D eigenvalue weighted by Crippen LogP contribution is 2.31. The number of nitrogens with two attached hydrogens (primary N) is 1. The predicted molar refractivity (Wildman–Crippen MR) is 84.1 cm³/mol. The Labute approximate surface area is 120 Å². The van der Waals surface area contributed by atoms with Crippen LogP contribution in [-0.2, 0) is 6.42 Å². The Hall–Kier alpha value is -1.54. The Morgan fingerprint density at radius 2 is 2.10 bits per heavy atom. The fourth-order valence-electron chi connectivity index (χ4n) is 3.14. The zero-order chi connectivity index (χ0) is 13.9. The van der Waals surface area contributed by atoms with Crippen LogP contribution in [0.25, 0.3) is 10.8 Å². The van der Waals surface area contributed by atoms with E-state index in [2.05, 4.69) is 30.3 Å². The maximum Gasteiger partial charge on any atom is 0.119 e. The van der Waals surface area contributed by atoms with Gasteiger partial charge in [0.2, 0.25) is 0 Å². The van der Waals surface area contributed by atoms with Crippen molar-refractivity contribution in [3.8, 4) is 5.75 Å². The molecule has 0 heterocycles. The van der Waals surface area contributed by atoms with E-state index in [0.29, 0.717) is 0 Å². The molecular formula is C18H23NO. The van der Waals surface area contributed by atoms with E-state index >= 15 is 0 Å². The fraction of sp³-hybridized carbons (Fsp3) is 0.444. The number of hydrogen-bond donors (Lipinski definition) is 1. The summed E-state index contributed by atoms with van der Waals surface area (Å²) in [5.74, 6) is 1.78. The topological polar surface area (TPSA) is 35.2 Å². The molecule has 0 bridgehead atoms. The van der Waals surface area contributed by atoms with Crippen LogP contribution in [0, 0.1) is 5.92 Å². The van der Waals surface area contributed by atoms with E-state index in [1.807, 2.05) is 6.07 Å². The number of fused-ring (bicyclic) bond motifs is 1. The quantitative estimate of drug-likeness (QED) is 0.893. The SMILES string of the molecule is COc1ccc2cccc(CC(N)CC3CCC3)c2c1. The van der Waals surface area contributed by atoms with Gasteiger partial charge in [0.1, 0.15) is 5.75 Å². The molecule has 1 unspecified atom stereocenters. The number of methoxy groups -OCH3 is 1. The Bertz CT molecular complexity index is 589. The highest BCUT2D eigenvalue weighted by Gasteiger charge is 2.20. The molecule has 106 valence electrons. The molecule has 0 radical (unpaired) electrons. The van der Waals surface area contributed by atoms with Crippen molar-refractivity contribution in [2.24, 2.45) is 11.7 Å². The Morgan fingerprint density at radius 1 is 1.25 bits per heavy atom. The first-order chi connectivity index (χ1) is 9.76. The standard InChI is InChI=1S/C18H23NO/c1-20-17-9-8-14-6-3-7-15(18(14)12-17)11-16(19)10-13-4-2-5-13/h3,6-9,12-13,16H,2,4-5,10-11,19H2,1H3. The van der Waals surface area contributed by atoms with Gasteiger partial charge in [0, 0.05) is 6.04 Å². The maximum atomic E-state index is 6.35. The van der Waals surface area contributed by atoms with Gasteiger partial charge < -0.3 is 10.5 Å². The highest BCUT2D eigenvalue weighted by atomic mass is 16.5. The minimum atomic E-state index is 0.275. The molecule has 2 aromatic carbocycles. The smallest absolute Gasteiger partial charge is 0.119 e. The fourth-order valence-corrected chi connectivity index (χ4v) is 3.14. The first kappa shape index (κ1) is 13.4. The summed E-state index contributed by atoms with van der Waals surface area (Å²) in [4.78, 5) is 0. The van der Waals surface area contributed by atoms with Gasteiger partial charge in [-0.15, -0.1) is 0 Å². The van der Waals surface area contributed by atoms with Crippen LogP contribution in [-0.4, -0.2) is 13.2 Å². The molecule has 3 rings (SSSR count). The van der Waals surface area contributed by atoms with Crippen molar-refractivity contribution in [3.63, 3.8) is 0 Å². The lowest BCUT2D eigenvalue weighted by molar-refractivity contribution is 0.275. The second-order valence-corrected chi connectivity index (χ2v) is 6.00. The maximum absolute atomic E-state index is 6.35. The third kappa shape index (κ3) is 2.80. The Balaban J connectivity index is 1.82. The molecule has 2 nitrogen and oxygen atoms in total. The summed E-state index contributed by atoms with van der Waals surface area (Å²) >= 11 is 0. The van der Waals surface area contributed by atoms with Crippen LogP contribution in [0.4, 0.5) is 0 Å². The molecule has 2 heteroatoms. The molecule has 2 aromatic rings. The molecule has 1 aliphatic carbocycles. The minimum absolute atomic E-state index is 0.275. The minimum Gasteiger partial charge on any atom is -0.497 e. The van der Waals surface area contributed by atoms with Crippen molar-refractivity contribution in [1.82, 2.24) is 0 Å². The van der Waals surface area contributed by atoms with E-state index < -0.39 is 0 Å². The van der Waals surface area contributed by atoms with Crippen LogP contribution in [0.1, 0.15) is 31.2 Å². The van der Waals surface area contributed by atoms with Gasteiger partial charge in [0.25, 0.3) is 0 Å². The van der Waals surface area contributed by atoms with Gasteiger partial charge in [-0.25, -0.2) is 0 Å². The summed E-state index contributed by atoms with van der Waals surface area (Å²) < 4.78 is 5.34. The molecule has 0 aromatic heterocycles. The largest absolute Gasteiger partial charge is 0.497 e. The Kier molecular flexibility index (Phi) is 3.93. The summed E-state index contributed by atoms with van der Waals surface area (Å²) in [5, 5.41) is 2.54. The van der Waals surface area contributed by atoms with E-state index in [1.54, 1.807) is 7.11 Å². The van der Waals surface area contributed by atoms with Gasteiger partial charge in [0.15, 0.2) is 0 Å². The molecule has 0 aliphatic heterocycles. The van der Waals surface area contributed by atoms with Crippen molar-refractivity contribution >= 4 is 10.8 Å². The van der Waals surface area contributed by atoms with Gasteiger partial charge in [0.05, 0.1) is 7.11 Å². The van der Waals surface area contributed by atoms with Crippen molar-refractivity contribution in [2.75, 3.05) is 7.11 Å². The van der Waals surface area contributed by atoms with Crippen molar-refractivity contribution in [3.05, 3.63) is 42.0 Å². The van der Waals surface area contributed by atoms with Gasteiger partial charge >= 0.3 is 0 Å². The number of rotatable bonds is 5. The van der Waals surface area contributed by atoms with E-state index in [1.165, 1.54) is 42.0 Å². The van der Waals surface area contributed by atoms with Gasteiger partial charge in [-0.05, 0) is 47.2 Å². The summed E-state index contributed by atoms with van der Waals surface area (Å²) in [6.07, 6.45) is 6.26. The monoisotopic (exact) mass is 269 g/mol. The van der Waals surface area contributed by atoms with Crippen LogP contribution in [0.2, 0.25) is 0 Å². The van der Waals surface area contributed by atoms with Gasteiger partial charge in [-0.3, -0.25) is 0 Å². The van der Waals surface area contributed by atoms with Crippen LogP contribution >= 0.6 is 0 Å². The second kappa shape index (κ2) is 5.84. The van der Waals surface area contributed by atoms with Crippen LogP contribution < -0.4 is 10.5 Å². The number of benzene rings is 2. The van der Waals surface area contributed by atoms with Crippen molar-refractivity contribution < 1.29 is 4.74 Å². The number of ether oxygens (including phenoxy) is 1. The molecule has 0 spiro atoms. The average molecular weight is 269 g/mol. The third-order valence-corrected chi connectivity index (χ3v) is 4.52. The third-order valence-electron chi connectivity index (χ3n) is 4.52. The second-order valence-electron chi connectivity index (χ2n) is 6.00. The first-order valence-corrected chi connectivity index (χ1v) is 7.57. The van der Waals surface area contributed by atoms with Crippen LogP contribution in [0.15, 0.2) is 36.4 Å². The van der Waals surface area contributed by atoms with Gasteiger partial charge in [-0.2, -0.15) is 0 Å². The van der Waals surface area contributed by atoms with E-state index in [9.17, 15) is 0 Å². The lowest BCUT2D eigenvalue weighted by Gasteiger charge is -2.28. The van der Waals surface area contributed by atoms with E-state index in [4.69, 9.17) is 10.5 Å².